The molecule has 3 N–H and O–H groups in total. The van der Waals surface area contributed by atoms with Gasteiger partial charge in [-0.3, -0.25) is 9.89 Å². The number of nitrogens with two attached hydrogens (primary N) is 1. The summed E-state index contributed by atoms with van der Waals surface area (Å²) >= 11 is 0. The van der Waals surface area contributed by atoms with Gasteiger partial charge in [-0.15, -0.1) is 24.0 Å². The van der Waals surface area contributed by atoms with Gasteiger partial charge in [0.1, 0.15) is 0 Å². The van der Waals surface area contributed by atoms with Crippen molar-refractivity contribution in [2.75, 3.05) is 26.2 Å². The summed E-state index contributed by atoms with van der Waals surface area (Å²) in [5.41, 5.74) is 5.71. The van der Waals surface area contributed by atoms with E-state index in [2.05, 4.69) is 10.3 Å². The summed E-state index contributed by atoms with van der Waals surface area (Å²) in [6.45, 7) is 4.63. The van der Waals surface area contributed by atoms with E-state index in [1.807, 2.05) is 13.8 Å². The summed E-state index contributed by atoms with van der Waals surface area (Å²) in [5, 5.41) is 3.04. The Morgan fingerprint density at radius 2 is 2.15 bits per heavy atom. The normalized spacial score (nSPS) is 22.4. The molecule has 1 rings (SSSR count). The molecular formula is C12H24F3IN4. The fourth-order valence-corrected chi connectivity index (χ4v) is 2.09. The van der Waals surface area contributed by atoms with Crippen LogP contribution >= 0.6 is 24.0 Å². The van der Waals surface area contributed by atoms with E-state index in [1.54, 1.807) is 0 Å². The molecule has 0 spiro atoms. The van der Waals surface area contributed by atoms with Crippen molar-refractivity contribution in [3.63, 3.8) is 0 Å². The summed E-state index contributed by atoms with van der Waals surface area (Å²) in [5.74, 6) is 0.545. The Balaban J connectivity index is 0.00000361. The summed E-state index contributed by atoms with van der Waals surface area (Å²) < 4.78 is 36.7. The van der Waals surface area contributed by atoms with Gasteiger partial charge in [-0.05, 0) is 32.2 Å². The van der Waals surface area contributed by atoms with Gasteiger partial charge in [0.2, 0.25) is 0 Å². The van der Waals surface area contributed by atoms with Gasteiger partial charge in [-0.1, -0.05) is 6.92 Å². The molecule has 0 aliphatic carbocycles. The van der Waals surface area contributed by atoms with Crippen LogP contribution in [0.25, 0.3) is 0 Å². The van der Waals surface area contributed by atoms with Crippen LogP contribution in [0.15, 0.2) is 4.99 Å². The van der Waals surface area contributed by atoms with Gasteiger partial charge in [-0.25, -0.2) is 0 Å². The lowest BCUT2D eigenvalue weighted by Gasteiger charge is -2.17. The van der Waals surface area contributed by atoms with Gasteiger partial charge < -0.3 is 11.1 Å². The van der Waals surface area contributed by atoms with Gasteiger partial charge in [0.15, 0.2) is 5.96 Å². The Kier molecular flexibility index (Phi) is 8.80. The molecule has 1 aliphatic heterocycles. The first-order valence-corrected chi connectivity index (χ1v) is 6.65. The average Bonchev–Trinajstić information content (AvgIpc) is 2.71. The maximum Gasteiger partial charge on any atom is 0.401 e. The third-order valence-corrected chi connectivity index (χ3v) is 3.30. The van der Waals surface area contributed by atoms with Crippen LogP contribution in [-0.4, -0.2) is 49.3 Å². The highest BCUT2D eigenvalue weighted by atomic mass is 127. The third-order valence-electron chi connectivity index (χ3n) is 3.30. The number of nitrogens with one attached hydrogen (secondary N) is 1. The van der Waals surface area contributed by atoms with Crippen molar-refractivity contribution >= 4 is 29.9 Å². The average molecular weight is 408 g/mol. The Bertz CT molecular complexity index is 310. The van der Waals surface area contributed by atoms with Crippen molar-refractivity contribution in [1.82, 2.24) is 10.2 Å². The van der Waals surface area contributed by atoms with Crippen LogP contribution in [0.2, 0.25) is 0 Å². The monoisotopic (exact) mass is 408 g/mol. The molecule has 1 saturated heterocycles. The van der Waals surface area contributed by atoms with E-state index in [0.717, 1.165) is 12.8 Å². The predicted molar refractivity (Wildman–Crippen MR) is 85.4 cm³/mol. The van der Waals surface area contributed by atoms with E-state index >= 15 is 0 Å². The summed E-state index contributed by atoms with van der Waals surface area (Å²) in [4.78, 5) is 5.63. The zero-order valence-electron chi connectivity index (χ0n) is 11.9. The molecule has 0 bridgehead atoms. The number of rotatable bonds is 5. The van der Waals surface area contributed by atoms with E-state index in [0.29, 0.717) is 25.6 Å². The standard InChI is InChI=1S/C12H23F3N4.HI/c1-3-9(2)18-11(16)17-6-10-4-5-19(7-10)8-12(13,14)15;/h9-10H,3-8H2,1-2H3,(H3,16,17,18);1H. The highest BCUT2D eigenvalue weighted by Gasteiger charge is 2.34. The quantitative estimate of drug-likeness (QED) is 0.417. The molecule has 8 heteroatoms. The number of hydrogen-bond donors (Lipinski definition) is 2. The molecule has 1 fully saturated rings. The summed E-state index contributed by atoms with van der Waals surface area (Å²) in [6, 6.07) is 0.258. The molecule has 0 aromatic rings. The number of alkyl halides is 3. The second kappa shape index (κ2) is 8.91. The second-order valence-electron chi connectivity index (χ2n) is 5.18. The number of likely N-dealkylation sites (tertiary alicyclic amines) is 1. The van der Waals surface area contributed by atoms with Gasteiger partial charge in [0.25, 0.3) is 0 Å². The molecule has 0 saturated carbocycles. The van der Waals surface area contributed by atoms with E-state index in [9.17, 15) is 13.2 Å². The summed E-state index contributed by atoms with van der Waals surface area (Å²) in [6.07, 6.45) is -2.43. The molecule has 0 amide bonds. The fraction of sp³-hybridized carbons (Fsp3) is 0.917. The Morgan fingerprint density at radius 3 is 2.70 bits per heavy atom. The number of hydrogen-bond acceptors (Lipinski definition) is 2. The number of halogens is 4. The topological polar surface area (TPSA) is 53.6 Å². The molecule has 20 heavy (non-hydrogen) atoms. The van der Waals surface area contributed by atoms with E-state index < -0.39 is 12.7 Å². The maximum absolute atomic E-state index is 12.2. The van der Waals surface area contributed by atoms with Crippen LogP contribution in [0.1, 0.15) is 26.7 Å². The van der Waals surface area contributed by atoms with Gasteiger partial charge in [0, 0.05) is 19.1 Å². The Labute approximate surface area is 135 Å². The maximum atomic E-state index is 12.2. The molecule has 2 atom stereocenters. The largest absolute Gasteiger partial charge is 0.401 e. The molecule has 120 valence electrons. The van der Waals surface area contributed by atoms with E-state index in [-0.39, 0.29) is 35.9 Å². The lowest BCUT2D eigenvalue weighted by Crippen LogP contribution is -2.38. The van der Waals surface area contributed by atoms with Crippen LogP contribution in [0, 0.1) is 5.92 Å². The molecule has 4 nitrogen and oxygen atoms in total. The molecule has 1 heterocycles. The molecule has 1 aliphatic rings. The first kappa shape index (κ1) is 19.8. The molecule has 2 unspecified atom stereocenters. The lowest BCUT2D eigenvalue weighted by molar-refractivity contribution is -0.143. The van der Waals surface area contributed by atoms with E-state index in [1.165, 1.54) is 4.90 Å². The smallest absolute Gasteiger partial charge is 0.370 e. The van der Waals surface area contributed by atoms with Gasteiger partial charge >= 0.3 is 6.18 Å². The van der Waals surface area contributed by atoms with Crippen LogP contribution in [0.4, 0.5) is 13.2 Å². The second-order valence-corrected chi connectivity index (χ2v) is 5.18. The van der Waals surface area contributed by atoms with Crippen molar-refractivity contribution < 1.29 is 13.2 Å². The predicted octanol–water partition coefficient (Wildman–Crippen LogP) is 2.19. The highest BCUT2D eigenvalue weighted by molar-refractivity contribution is 14.0. The number of nitrogens with zero attached hydrogens (tertiary/aromatic N) is 2. The first-order chi connectivity index (χ1) is 8.80. The zero-order valence-corrected chi connectivity index (χ0v) is 14.2. The third kappa shape index (κ3) is 8.13. The first-order valence-electron chi connectivity index (χ1n) is 6.65. The summed E-state index contributed by atoms with van der Waals surface area (Å²) in [7, 11) is 0. The minimum absolute atomic E-state index is 0. The van der Waals surface area contributed by atoms with Crippen LogP contribution in [-0.2, 0) is 0 Å². The minimum atomic E-state index is -4.12. The zero-order chi connectivity index (χ0) is 14.5. The van der Waals surface area contributed by atoms with Crippen molar-refractivity contribution in [2.45, 2.75) is 38.9 Å². The van der Waals surface area contributed by atoms with Crippen molar-refractivity contribution in [3.05, 3.63) is 0 Å². The number of guanidine groups is 1. The fourth-order valence-electron chi connectivity index (χ4n) is 2.09. The van der Waals surface area contributed by atoms with Crippen LogP contribution in [0.3, 0.4) is 0 Å². The van der Waals surface area contributed by atoms with Crippen LogP contribution < -0.4 is 11.1 Å². The Morgan fingerprint density at radius 1 is 1.50 bits per heavy atom. The van der Waals surface area contributed by atoms with E-state index in [4.69, 9.17) is 5.73 Å². The van der Waals surface area contributed by atoms with Crippen molar-refractivity contribution in [1.29, 1.82) is 0 Å². The molecule has 0 radical (unpaired) electrons. The Hall–Kier alpha value is -0.250. The van der Waals surface area contributed by atoms with Crippen molar-refractivity contribution in [2.24, 2.45) is 16.6 Å². The SMILES string of the molecule is CCC(C)NC(N)=NCC1CCN(CC(F)(F)F)C1.I. The molecular weight excluding hydrogens is 384 g/mol. The lowest BCUT2D eigenvalue weighted by atomic mass is 10.1. The molecule has 0 aromatic heterocycles. The minimum Gasteiger partial charge on any atom is -0.370 e. The van der Waals surface area contributed by atoms with Gasteiger partial charge in [0.05, 0.1) is 6.54 Å². The number of aliphatic imine (C=N–C) groups is 1. The highest BCUT2D eigenvalue weighted by Crippen LogP contribution is 2.22. The van der Waals surface area contributed by atoms with Crippen LogP contribution in [0.5, 0.6) is 0 Å². The van der Waals surface area contributed by atoms with Gasteiger partial charge in [-0.2, -0.15) is 13.2 Å². The molecule has 0 aromatic carbocycles. The van der Waals surface area contributed by atoms with Crippen molar-refractivity contribution in [3.8, 4) is 0 Å².